The summed E-state index contributed by atoms with van der Waals surface area (Å²) in [5, 5.41) is 0. The van der Waals surface area contributed by atoms with Crippen LogP contribution in [-0.2, 0) is 0 Å². The molecular weight excluding hydrogens is 108 g/mol. The van der Waals surface area contributed by atoms with Crippen molar-refractivity contribution in [3.8, 4) is 0 Å². The number of hydrogen-bond acceptors (Lipinski definition) is 1. The van der Waals surface area contributed by atoms with Crippen LogP contribution in [0.1, 0.15) is 0 Å². The van der Waals surface area contributed by atoms with Gasteiger partial charge in [-0.15, -0.1) is 6.58 Å². The van der Waals surface area contributed by atoms with Crippen LogP contribution in [0.15, 0.2) is 12.7 Å². The number of rotatable bonds is 1. The van der Waals surface area contributed by atoms with Crippen LogP contribution in [-0.4, -0.2) is 6.54 Å². The maximum atomic E-state index is 4.91. The second kappa shape index (κ2) is 16.7. The van der Waals surface area contributed by atoms with Crippen LogP contribution in [0.3, 0.4) is 0 Å². The molecule has 0 heterocycles. The van der Waals surface area contributed by atoms with Crippen molar-refractivity contribution in [1.29, 1.82) is 0 Å². The molecule has 0 aromatic heterocycles. The van der Waals surface area contributed by atoms with Crippen LogP contribution >= 0.6 is 0 Å². The Bertz CT molecular complexity index is 24.8. The molecule has 0 saturated heterocycles. The number of hydrogen-bond donors (Lipinski definition) is 1. The van der Waals surface area contributed by atoms with E-state index in [4.69, 9.17) is 5.73 Å². The van der Waals surface area contributed by atoms with Gasteiger partial charge in [0.05, 0.1) is 0 Å². The largest absolute Gasteiger partial charge is 1.00 e. The summed E-state index contributed by atoms with van der Waals surface area (Å²) in [4.78, 5) is 0. The Balaban J connectivity index is -0.0000000450. The van der Waals surface area contributed by atoms with Gasteiger partial charge in [0, 0.05) is 6.54 Å². The van der Waals surface area contributed by atoms with Crippen molar-refractivity contribution >= 4 is 0 Å². The first-order chi connectivity index (χ1) is 1.91. The molecule has 0 aromatic carbocycles. The first kappa shape index (κ1) is 15.8. The Morgan fingerprint density at radius 2 is 1.83 bits per heavy atom. The van der Waals surface area contributed by atoms with E-state index < -0.39 is 0 Å². The fraction of sp³-hybridized carbons (Fsp3) is 0.333. The van der Waals surface area contributed by atoms with Gasteiger partial charge in [0.15, 0.2) is 0 Å². The van der Waals surface area contributed by atoms with Crippen LogP contribution in [0.5, 0.6) is 0 Å². The third kappa shape index (κ3) is 20.1. The Labute approximate surface area is 66.7 Å². The minimum Gasteiger partial charge on any atom is -1.00 e. The molecule has 0 atom stereocenters. The minimum atomic E-state index is 0. The van der Waals surface area contributed by atoms with Crippen LogP contribution in [0.25, 0.3) is 0 Å². The topological polar surface area (TPSA) is 26.0 Å². The zero-order chi connectivity index (χ0) is 3.41. The molecule has 0 aliphatic rings. The van der Waals surface area contributed by atoms with E-state index >= 15 is 0 Å². The number of nitrogens with two attached hydrogens (primary N) is 1. The molecule has 2 N–H and O–H groups in total. The summed E-state index contributed by atoms with van der Waals surface area (Å²) in [6.45, 7) is 3.94. The summed E-state index contributed by atoms with van der Waals surface area (Å²) < 4.78 is 0. The van der Waals surface area contributed by atoms with Gasteiger partial charge in [-0.3, -0.25) is 0 Å². The summed E-state index contributed by atoms with van der Waals surface area (Å²) in [5.41, 5.74) is 4.91. The Morgan fingerprint density at radius 3 is 1.83 bits per heavy atom. The molecule has 0 bridgehead atoms. The third-order valence-electron chi connectivity index (χ3n) is 0.167. The molecule has 6 heavy (non-hydrogen) atoms. The van der Waals surface area contributed by atoms with E-state index in [2.05, 4.69) is 6.58 Å². The maximum Gasteiger partial charge on any atom is 1.00 e. The van der Waals surface area contributed by atoms with E-state index in [1.54, 1.807) is 6.08 Å². The molecule has 0 fully saturated rings. The smallest absolute Gasteiger partial charge is 1.00 e. The van der Waals surface area contributed by atoms with Gasteiger partial charge in [0.25, 0.3) is 0 Å². The van der Waals surface area contributed by atoms with Gasteiger partial charge in [-0.1, -0.05) is 6.08 Å². The third-order valence-corrected chi connectivity index (χ3v) is 0.167. The molecule has 0 unspecified atom stereocenters. The molecular formula is C3H7ClNNa. The van der Waals surface area contributed by atoms with E-state index in [-0.39, 0.29) is 42.0 Å². The van der Waals surface area contributed by atoms with Gasteiger partial charge in [-0.2, -0.15) is 0 Å². The van der Waals surface area contributed by atoms with Gasteiger partial charge < -0.3 is 18.1 Å². The van der Waals surface area contributed by atoms with Crippen LogP contribution in [0.4, 0.5) is 0 Å². The molecule has 1 nitrogen and oxygen atoms in total. The van der Waals surface area contributed by atoms with Gasteiger partial charge in [0.2, 0.25) is 0 Å². The van der Waals surface area contributed by atoms with E-state index in [1.165, 1.54) is 0 Å². The monoisotopic (exact) mass is 115 g/mol. The van der Waals surface area contributed by atoms with Gasteiger partial charge in [0.1, 0.15) is 0 Å². The van der Waals surface area contributed by atoms with Crippen molar-refractivity contribution in [2.75, 3.05) is 6.54 Å². The zero-order valence-electron chi connectivity index (χ0n) is 3.95. The molecule has 0 saturated carbocycles. The molecule has 0 aliphatic carbocycles. The molecule has 32 valence electrons. The summed E-state index contributed by atoms with van der Waals surface area (Å²) in [6.07, 6.45) is 1.65. The summed E-state index contributed by atoms with van der Waals surface area (Å²) in [7, 11) is 0. The quantitative estimate of drug-likeness (QED) is 0.267. The molecule has 0 spiro atoms. The van der Waals surface area contributed by atoms with E-state index in [0.29, 0.717) is 6.54 Å². The van der Waals surface area contributed by atoms with E-state index in [1.807, 2.05) is 0 Å². The normalized spacial score (nSPS) is 4.17. The predicted octanol–water partition coefficient (Wildman–Crippen LogP) is -5.86. The van der Waals surface area contributed by atoms with Gasteiger partial charge >= 0.3 is 29.6 Å². The van der Waals surface area contributed by atoms with E-state index in [9.17, 15) is 0 Å². The standard InChI is InChI=1S/C3H7N.ClH.Na/c1-2-3-4;;/h2H,1,3-4H2;1H;/q;;+1/p-1. The van der Waals surface area contributed by atoms with Crippen molar-refractivity contribution < 1.29 is 42.0 Å². The minimum absolute atomic E-state index is 0. The van der Waals surface area contributed by atoms with Crippen molar-refractivity contribution in [1.82, 2.24) is 0 Å². The second-order valence-electron chi connectivity index (χ2n) is 0.524. The zero-order valence-corrected chi connectivity index (χ0v) is 6.70. The van der Waals surface area contributed by atoms with Crippen molar-refractivity contribution in [2.24, 2.45) is 5.73 Å². The van der Waals surface area contributed by atoms with Crippen molar-refractivity contribution in [3.05, 3.63) is 12.7 Å². The Morgan fingerprint density at radius 1 is 1.67 bits per heavy atom. The molecule has 3 heteroatoms. The van der Waals surface area contributed by atoms with Crippen LogP contribution in [0.2, 0.25) is 0 Å². The summed E-state index contributed by atoms with van der Waals surface area (Å²) in [6, 6.07) is 0. The average Bonchev–Trinajstić information content (AvgIpc) is 1.37. The van der Waals surface area contributed by atoms with E-state index in [0.717, 1.165) is 0 Å². The Hall–Kier alpha value is 0.990. The summed E-state index contributed by atoms with van der Waals surface area (Å²) in [5.74, 6) is 0. The fourth-order valence-electron chi connectivity index (χ4n) is 0. The first-order valence-electron chi connectivity index (χ1n) is 1.22. The van der Waals surface area contributed by atoms with Crippen molar-refractivity contribution in [2.45, 2.75) is 0 Å². The van der Waals surface area contributed by atoms with Crippen LogP contribution in [0, 0.1) is 0 Å². The first-order valence-corrected chi connectivity index (χ1v) is 1.22. The SMILES string of the molecule is C=CCN.[Cl-].[Na+]. The summed E-state index contributed by atoms with van der Waals surface area (Å²) >= 11 is 0. The molecule has 0 aromatic rings. The van der Waals surface area contributed by atoms with Crippen LogP contribution < -0.4 is 47.7 Å². The Kier molecular flexibility index (Phi) is 43.8. The fourth-order valence-corrected chi connectivity index (χ4v) is 0. The van der Waals surface area contributed by atoms with Gasteiger partial charge in [-0.05, 0) is 0 Å². The molecule has 0 amide bonds. The molecule has 0 aliphatic heterocycles. The van der Waals surface area contributed by atoms with Crippen molar-refractivity contribution in [3.63, 3.8) is 0 Å². The maximum absolute atomic E-state index is 4.91. The van der Waals surface area contributed by atoms with Gasteiger partial charge in [-0.25, -0.2) is 0 Å². The second-order valence-corrected chi connectivity index (χ2v) is 0.524. The predicted molar refractivity (Wildman–Crippen MR) is 19.3 cm³/mol. The molecule has 0 radical (unpaired) electrons. The number of halogens is 1. The average molecular weight is 116 g/mol. The molecule has 0 rings (SSSR count).